The summed E-state index contributed by atoms with van der Waals surface area (Å²) in [7, 11) is 3.89. The first kappa shape index (κ1) is 17.8. The van der Waals surface area contributed by atoms with E-state index in [4.69, 9.17) is 4.74 Å². The van der Waals surface area contributed by atoms with Gasteiger partial charge in [-0.05, 0) is 55.5 Å². The smallest absolute Gasteiger partial charge is 0.119 e. The number of methoxy groups -OCH3 is 1. The van der Waals surface area contributed by atoms with E-state index in [0.717, 1.165) is 25.4 Å². The van der Waals surface area contributed by atoms with Crippen LogP contribution < -0.4 is 15.0 Å². The van der Waals surface area contributed by atoms with E-state index in [9.17, 15) is 0 Å². The van der Waals surface area contributed by atoms with Gasteiger partial charge in [0.15, 0.2) is 0 Å². The normalized spacial score (nSPS) is 11.5. The Kier molecular flexibility index (Phi) is 7.58. The number of rotatable bonds is 10. The molecule has 3 heteroatoms. The number of hydrogen-bond acceptors (Lipinski definition) is 3. The molecule has 0 bridgehead atoms. The van der Waals surface area contributed by atoms with Crippen LogP contribution in [0.2, 0.25) is 0 Å². The first-order valence-electron chi connectivity index (χ1n) is 8.16. The van der Waals surface area contributed by atoms with Crippen LogP contribution in [0.4, 0.5) is 5.69 Å². The Balaban J connectivity index is 2.71. The minimum Gasteiger partial charge on any atom is -0.497 e. The molecule has 3 nitrogen and oxygen atoms in total. The Labute approximate surface area is 130 Å². The fourth-order valence-electron chi connectivity index (χ4n) is 2.74. The summed E-state index contributed by atoms with van der Waals surface area (Å²) in [5, 5.41) is 3.61. The molecule has 0 fully saturated rings. The zero-order valence-corrected chi connectivity index (χ0v) is 14.4. The van der Waals surface area contributed by atoms with E-state index in [1.165, 1.54) is 24.9 Å². The Morgan fingerprint density at radius 2 is 1.71 bits per heavy atom. The predicted molar refractivity (Wildman–Crippen MR) is 92.4 cm³/mol. The molecule has 0 atom stereocenters. The summed E-state index contributed by atoms with van der Waals surface area (Å²) in [6.07, 6.45) is 3.58. The van der Waals surface area contributed by atoms with Crippen LogP contribution in [-0.2, 0) is 0 Å². The molecule has 0 amide bonds. The van der Waals surface area contributed by atoms with Crippen molar-refractivity contribution in [1.29, 1.82) is 0 Å². The lowest BCUT2D eigenvalue weighted by Crippen LogP contribution is -2.42. The van der Waals surface area contributed by atoms with Crippen LogP contribution in [0.15, 0.2) is 24.3 Å². The van der Waals surface area contributed by atoms with Gasteiger partial charge in [0.1, 0.15) is 5.75 Å². The molecule has 0 aliphatic rings. The molecule has 0 radical (unpaired) electrons. The van der Waals surface area contributed by atoms with E-state index in [1.54, 1.807) is 7.11 Å². The number of ether oxygens (including phenoxy) is 1. The van der Waals surface area contributed by atoms with Gasteiger partial charge >= 0.3 is 0 Å². The first-order valence-corrected chi connectivity index (χ1v) is 8.16. The van der Waals surface area contributed by atoms with Crippen molar-refractivity contribution in [3.8, 4) is 5.75 Å². The lowest BCUT2D eigenvalue weighted by molar-refractivity contribution is 0.256. The van der Waals surface area contributed by atoms with Gasteiger partial charge in [0.25, 0.3) is 0 Å². The quantitative estimate of drug-likeness (QED) is 0.661. The Morgan fingerprint density at radius 1 is 1.10 bits per heavy atom. The van der Waals surface area contributed by atoms with Crippen molar-refractivity contribution >= 4 is 5.69 Å². The molecule has 0 saturated carbocycles. The molecule has 120 valence electrons. The second-order valence-electron chi connectivity index (χ2n) is 5.94. The molecular weight excluding hydrogens is 260 g/mol. The van der Waals surface area contributed by atoms with Crippen molar-refractivity contribution in [2.24, 2.45) is 5.41 Å². The Morgan fingerprint density at radius 3 is 2.19 bits per heavy atom. The van der Waals surface area contributed by atoms with Crippen molar-refractivity contribution < 1.29 is 4.74 Å². The van der Waals surface area contributed by atoms with Gasteiger partial charge in [0.05, 0.1) is 7.11 Å². The van der Waals surface area contributed by atoms with Crippen molar-refractivity contribution in [2.45, 2.75) is 40.0 Å². The van der Waals surface area contributed by atoms with Crippen LogP contribution in [0.5, 0.6) is 5.75 Å². The zero-order valence-electron chi connectivity index (χ0n) is 14.4. The largest absolute Gasteiger partial charge is 0.497 e. The monoisotopic (exact) mass is 292 g/mol. The van der Waals surface area contributed by atoms with Crippen molar-refractivity contribution in [2.75, 3.05) is 38.7 Å². The molecule has 1 aromatic carbocycles. The zero-order chi connectivity index (χ0) is 15.7. The summed E-state index contributed by atoms with van der Waals surface area (Å²) in [6, 6.07) is 8.32. The minimum atomic E-state index is 0.337. The number of anilines is 1. The molecule has 0 unspecified atom stereocenters. The summed E-state index contributed by atoms with van der Waals surface area (Å²) in [4.78, 5) is 2.36. The van der Waals surface area contributed by atoms with Crippen LogP contribution in [0, 0.1) is 5.41 Å². The van der Waals surface area contributed by atoms with Crippen molar-refractivity contribution in [3.63, 3.8) is 0 Å². The molecule has 0 aliphatic heterocycles. The highest BCUT2D eigenvalue weighted by Gasteiger charge is 2.27. The average molecular weight is 292 g/mol. The third kappa shape index (κ3) is 5.24. The highest BCUT2D eigenvalue weighted by Crippen LogP contribution is 2.29. The summed E-state index contributed by atoms with van der Waals surface area (Å²) in [5.74, 6) is 0.911. The molecule has 1 rings (SSSR count). The van der Waals surface area contributed by atoms with E-state index < -0.39 is 0 Å². The van der Waals surface area contributed by atoms with Gasteiger partial charge < -0.3 is 15.0 Å². The lowest BCUT2D eigenvalue weighted by Gasteiger charge is -2.37. The van der Waals surface area contributed by atoms with E-state index in [2.05, 4.69) is 50.2 Å². The topological polar surface area (TPSA) is 24.5 Å². The van der Waals surface area contributed by atoms with Gasteiger partial charge in [-0.2, -0.15) is 0 Å². The van der Waals surface area contributed by atoms with Crippen LogP contribution in [-0.4, -0.2) is 33.8 Å². The third-order valence-electron chi connectivity index (χ3n) is 4.51. The SMILES string of the molecule is CCCNCC(CC)(CC)CN(C)c1ccc(OC)cc1. The summed E-state index contributed by atoms with van der Waals surface area (Å²) in [6.45, 7) is 10.1. The van der Waals surface area contributed by atoms with Gasteiger partial charge in [-0.1, -0.05) is 20.8 Å². The van der Waals surface area contributed by atoms with Crippen molar-refractivity contribution in [1.82, 2.24) is 5.32 Å². The molecule has 0 aliphatic carbocycles. The van der Waals surface area contributed by atoms with Crippen LogP contribution in [0.25, 0.3) is 0 Å². The lowest BCUT2D eigenvalue weighted by atomic mass is 9.81. The summed E-state index contributed by atoms with van der Waals surface area (Å²) >= 11 is 0. The molecule has 0 heterocycles. The third-order valence-corrected chi connectivity index (χ3v) is 4.51. The number of benzene rings is 1. The molecule has 0 aromatic heterocycles. The van der Waals surface area contributed by atoms with Gasteiger partial charge in [-0.25, -0.2) is 0 Å². The van der Waals surface area contributed by atoms with Gasteiger partial charge in [0, 0.05) is 25.8 Å². The highest BCUT2D eigenvalue weighted by molar-refractivity contribution is 5.48. The van der Waals surface area contributed by atoms with Gasteiger partial charge in [-0.3, -0.25) is 0 Å². The Hall–Kier alpha value is -1.22. The standard InChI is InChI=1S/C18H32N2O/c1-6-13-19-14-18(7-2,8-3)15-20(4)16-9-11-17(21-5)12-10-16/h9-12,19H,6-8,13-15H2,1-5H3. The number of nitrogens with one attached hydrogen (secondary N) is 1. The first-order chi connectivity index (χ1) is 10.1. The molecule has 0 saturated heterocycles. The van der Waals surface area contributed by atoms with Crippen LogP contribution in [0.3, 0.4) is 0 Å². The van der Waals surface area contributed by atoms with E-state index in [0.29, 0.717) is 5.41 Å². The molecule has 0 spiro atoms. The molecular formula is C18H32N2O. The maximum absolute atomic E-state index is 5.23. The maximum Gasteiger partial charge on any atom is 0.119 e. The molecule has 1 aromatic rings. The maximum atomic E-state index is 5.23. The highest BCUT2D eigenvalue weighted by atomic mass is 16.5. The summed E-state index contributed by atoms with van der Waals surface area (Å²) in [5.41, 5.74) is 1.58. The molecule has 1 N–H and O–H groups in total. The van der Waals surface area contributed by atoms with Crippen LogP contribution >= 0.6 is 0 Å². The number of hydrogen-bond donors (Lipinski definition) is 1. The fraction of sp³-hybridized carbons (Fsp3) is 0.667. The second-order valence-corrected chi connectivity index (χ2v) is 5.94. The Bertz CT molecular complexity index is 385. The van der Waals surface area contributed by atoms with Crippen molar-refractivity contribution in [3.05, 3.63) is 24.3 Å². The average Bonchev–Trinajstić information content (AvgIpc) is 2.54. The van der Waals surface area contributed by atoms with E-state index in [-0.39, 0.29) is 0 Å². The second kappa shape index (κ2) is 8.93. The summed E-state index contributed by atoms with van der Waals surface area (Å²) < 4.78 is 5.23. The predicted octanol–water partition coefficient (Wildman–Crippen LogP) is 3.94. The van der Waals surface area contributed by atoms with Gasteiger partial charge in [0.2, 0.25) is 0 Å². The minimum absolute atomic E-state index is 0.337. The van der Waals surface area contributed by atoms with Gasteiger partial charge in [-0.15, -0.1) is 0 Å². The van der Waals surface area contributed by atoms with E-state index >= 15 is 0 Å². The van der Waals surface area contributed by atoms with Crippen LogP contribution in [0.1, 0.15) is 40.0 Å². The fourth-order valence-corrected chi connectivity index (χ4v) is 2.74. The number of nitrogens with zero attached hydrogens (tertiary/aromatic N) is 1. The van der Waals surface area contributed by atoms with E-state index in [1.807, 2.05) is 12.1 Å². The molecule has 21 heavy (non-hydrogen) atoms.